The third kappa shape index (κ3) is 3.71. The number of hydrogen-bond donors (Lipinski definition) is 0. The molecular weight excluding hydrogens is 294 g/mol. The van der Waals surface area contributed by atoms with Crippen LogP contribution in [0.3, 0.4) is 0 Å². The van der Waals surface area contributed by atoms with Gasteiger partial charge in [-0.1, -0.05) is 19.1 Å². The SMILES string of the molecule is CCc1cc(N(C)C(C)c2ccc(S(C)=O)cc2)nc(C)n1. The molecule has 0 bridgehead atoms. The molecule has 0 spiro atoms. The van der Waals surface area contributed by atoms with E-state index < -0.39 is 10.8 Å². The van der Waals surface area contributed by atoms with Gasteiger partial charge in [0.1, 0.15) is 11.6 Å². The van der Waals surface area contributed by atoms with Gasteiger partial charge in [0.2, 0.25) is 0 Å². The van der Waals surface area contributed by atoms with Crippen molar-refractivity contribution in [2.24, 2.45) is 0 Å². The Morgan fingerprint density at radius 2 is 1.86 bits per heavy atom. The standard InChI is InChI=1S/C17H23N3OS/c1-6-15-11-17(19-13(3)18-15)20(4)12(2)14-7-9-16(10-8-14)22(5)21/h7-12H,6H2,1-5H3. The summed E-state index contributed by atoms with van der Waals surface area (Å²) in [6.07, 6.45) is 2.59. The lowest BCUT2D eigenvalue weighted by atomic mass is 10.1. The lowest BCUT2D eigenvalue weighted by Crippen LogP contribution is -2.23. The summed E-state index contributed by atoms with van der Waals surface area (Å²) in [6, 6.07) is 10.1. The van der Waals surface area contributed by atoms with Crippen molar-refractivity contribution in [1.29, 1.82) is 0 Å². The zero-order valence-electron chi connectivity index (χ0n) is 13.8. The van der Waals surface area contributed by atoms with Crippen LogP contribution >= 0.6 is 0 Å². The Kier molecular flexibility index (Phi) is 5.29. The molecule has 0 N–H and O–H groups in total. The van der Waals surface area contributed by atoms with Crippen LogP contribution < -0.4 is 4.90 Å². The molecule has 0 radical (unpaired) electrons. The first-order valence-electron chi connectivity index (χ1n) is 7.43. The van der Waals surface area contributed by atoms with E-state index >= 15 is 0 Å². The molecular formula is C17H23N3OS. The lowest BCUT2D eigenvalue weighted by molar-refractivity contribution is 0.686. The van der Waals surface area contributed by atoms with Crippen molar-refractivity contribution in [3.8, 4) is 0 Å². The predicted molar refractivity (Wildman–Crippen MR) is 91.7 cm³/mol. The van der Waals surface area contributed by atoms with E-state index in [1.165, 1.54) is 5.56 Å². The molecule has 1 aromatic carbocycles. The number of nitrogens with zero attached hydrogens (tertiary/aromatic N) is 3. The normalized spacial score (nSPS) is 13.7. The molecule has 0 aliphatic carbocycles. The summed E-state index contributed by atoms with van der Waals surface area (Å²) < 4.78 is 11.5. The summed E-state index contributed by atoms with van der Waals surface area (Å²) in [6.45, 7) is 6.16. The molecule has 0 aliphatic heterocycles. The number of anilines is 1. The second-order valence-electron chi connectivity index (χ2n) is 5.43. The van der Waals surface area contributed by atoms with Crippen molar-refractivity contribution in [1.82, 2.24) is 9.97 Å². The van der Waals surface area contributed by atoms with Crippen molar-refractivity contribution in [3.05, 3.63) is 47.4 Å². The number of aromatic nitrogens is 2. The maximum absolute atomic E-state index is 11.5. The Hall–Kier alpha value is -1.75. The summed E-state index contributed by atoms with van der Waals surface area (Å²) in [5.41, 5.74) is 2.23. The molecule has 0 saturated heterocycles. The average Bonchev–Trinajstić information content (AvgIpc) is 2.52. The highest BCUT2D eigenvalue weighted by molar-refractivity contribution is 7.84. The van der Waals surface area contributed by atoms with Gasteiger partial charge in [-0.15, -0.1) is 0 Å². The highest BCUT2D eigenvalue weighted by Crippen LogP contribution is 2.25. The van der Waals surface area contributed by atoms with E-state index in [-0.39, 0.29) is 6.04 Å². The van der Waals surface area contributed by atoms with Crippen LogP contribution in [-0.4, -0.2) is 27.5 Å². The van der Waals surface area contributed by atoms with Crippen molar-refractivity contribution in [2.75, 3.05) is 18.2 Å². The largest absolute Gasteiger partial charge is 0.353 e. The van der Waals surface area contributed by atoms with E-state index in [1.54, 1.807) is 6.26 Å². The van der Waals surface area contributed by atoms with Crippen molar-refractivity contribution in [2.45, 2.75) is 38.1 Å². The fraction of sp³-hybridized carbons (Fsp3) is 0.412. The minimum atomic E-state index is -0.939. The third-order valence-electron chi connectivity index (χ3n) is 3.88. The molecule has 22 heavy (non-hydrogen) atoms. The van der Waals surface area contributed by atoms with E-state index in [9.17, 15) is 4.21 Å². The van der Waals surface area contributed by atoms with Gasteiger partial charge in [0.05, 0.1) is 6.04 Å². The molecule has 0 saturated carbocycles. The molecule has 2 aromatic rings. The quantitative estimate of drug-likeness (QED) is 0.849. The van der Waals surface area contributed by atoms with Gasteiger partial charge in [-0.05, 0) is 38.0 Å². The second kappa shape index (κ2) is 7.01. The fourth-order valence-corrected chi connectivity index (χ4v) is 2.85. The maximum Gasteiger partial charge on any atom is 0.132 e. The summed E-state index contributed by atoms with van der Waals surface area (Å²) >= 11 is 0. The van der Waals surface area contributed by atoms with Gasteiger partial charge in [0.25, 0.3) is 0 Å². The molecule has 0 amide bonds. The summed E-state index contributed by atoms with van der Waals surface area (Å²) in [5.74, 6) is 1.73. The third-order valence-corrected chi connectivity index (χ3v) is 4.81. The van der Waals surface area contributed by atoms with Crippen molar-refractivity contribution in [3.63, 3.8) is 0 Å². The summed E-state index contributed by atoms with van der Waals surface area (Å²) in [7, 11) is 1.10. The first-order chi connectivity index (χ1) is 10.4. The van der Waals surface area contributed by atoms with Gasteiger partial charge in [0.15, 0.2) is 0 Å². The van der Waals surface area contributed by atoms with E-state index in [0.717, 1.165) is 28.7 Å². The molecule has 118 valence electrons. The maximum atomic E-state index is 11.5. The zero-order valence-corrected chi connectivity index (χ0v) is 14.6. The average molecular weight is 317 g/mol. The Bertz CT molecular complexity index is 670. The Labute approximate surface area is 135 Å². The predicted octanol–water partition coefficient (Wildman–Crippen LogP) is 3.28. The monoisotopic (exact) mass is 317 g/mol. The molecule has 2 atom stereocenters. The highest BCUT2D eigenvalue weighted by Gasteiger charge is 2.15. The molecule has 2 rings (SSSR count). The van der Waals surface area contributed by atoms with Gasteiger partial charge in [-0.25, -0.2) is 9.97 Å². The van der Waals surface area contributed by atoms with E-state index in [4.69, 9.17) is 0 Å². The van der Waals surface area contributed by atoms with E-state index in [1.807, 2.05) is 44.3 Å². The van der Waals surface area contributed by atoms with Gasteiger partial charge < -0.3 is 4.90 Å². The number of rotatable bonds is 5. The van der Waals surface area contributed by atoms with Gasteiger partial charge in [0, 0.05) is 40.8 Å². The first kappa shape index (κ1) is 16.6. The first-order valence-corrected chi connectivity index (χ1v) is 8.99. The molecule has 5 heteroatoms. The van der Waals surface area contributed by atoms with Crippen LogP contribution in [0.5, 0.6) is 0 Å². The Morgan fingerprint density at radius 3 is 2.41 bits per heavy atom. The minimum Gasteiger partial charge on any atom is -0.353 e. The topological polar surface area (TPSA) is 46.1 Å². The number of hydrogen-bond acceptors (Lipinski definition) is 4. The lowest BCUT2D eigenvalue weighted by Gasteiger charge is -2.27. The Balaban J connectivity index is 2.26. The van der Waals surface area contributed by atoms with Crippen LogP contribution in [0.4, 0.5) is 5.82 Å². The molecule has 2 unspecified atom stereocenters. The minimum absolute atomic E-state index is 0.179. The molecule has 0 aliphatic rings. The molecule has 4 nitrogen and oxygen atoms in total. The Morgan fingerprint density at radius 1 is 1.23 bits per heavy atom. The summed E-state index contributed by atoms with van der Waals surface area (Å²) in [5, 5.41) is 0. The second-order valence-corrected chi connectivity index (χ2v) is 6.81. The molecule has 1 aromatic heterocycles. The molecule has 1 heterocycles. The number of benzene rings is 1. The van der Waals surface area contributed by atoms with Crippen molar-refractivity contribution >= 4 is 16.6 Å². The molecule has 0 fully saturated rings. The summed E-state index contributed by atoms with van der Waals surface area (Å²) in [4.78, 5) is 12.0. The fourth-order valence-electron chi connectivity index (χ4n) is 2.33. The van der Waals surface area contributed by atoms with Crippen molar-refractivity contribution < 1.29 is 4.21 Å². The van der Waals surface area contributed by atoms with Crippen LogP contribution in [0.2, 0.25) is 0 Å². The smallest absolute Gasteiger partial charge is 0.132 e. The van der Waals surface area contributed by atoms with Gasteiger partial charge in [-0.3, -0.25) is 4.21 Å². The van der Waals surface area contributed by atoms with Crippen LogP contribution in [0.15, 0.2) is 35.2 Å². The highest BCUT2D eigenvalue weighted by atomic mass is 32.2. The van der Waals surface area contributed by atoms with Gasteiger partial charge in [-0.2, -0.15) is 0 Å². The zero-order chi connectivity index (χ0) is 16.3. The van der Waals surface area contributed by atoms with Crippen LogP contribution in [0.25, 0.3) is 0 Å². The van der Waals surface area contributed by atoms with Crippen LogP contribution in [0.1, 0.15) is 37.0 Å². The van der Waals surface area contributed by atoms with Crippen LogP contribution in [0, 0.1) is 6.92 Å². The van der Waals surface area contributed by atoms with Crippen LogP contribution in [-0.2, 0) is 17.2 Å². The van der Waals surface area contributed by atoms with Gasteiger partial charge >= 0.3 is 0 Å². The number of aryl methyl sites for hydroxylation is 2. The van der Waals surface area contributed by atoms with E-state index in [0.29, 0.717) is 0 Å². The van der Waals surface area contributed by atoms with E-state index in [2.05, 4.69) is 28.7 Å².